The lowest BCUT2D eigenvalue weighted by Crippen LogP contribution is -2.51. The van der Waals surface area contributed by atoms with Crippen LogP contribution >= 0.6 is 11.8 Å². The monoisotopic (exact) mass is 302 g/mol. The quantitative estimate of drug-likeness (QED) is 0.848. The molecule has 1 aromatic rings. The highest BCUT2D eigenvalue weighted by Gasteiger charge is 2.31. The summed E-state index contributed by atoms with van der Waals surface area (Å²) in [7, 11) is 0. The van der Waals surface area contributed by atoms with Crippen molar-refractivity contribution in [2.75, 3.05) is 5.75 Å². The lowest BCUT2D eigenvalue weighted by molar-refractivity contribution is -0.116. The maximum atomic E-state index is 12.5. The van der Waals surface area contributed by atoms with Crippen molar-refractivity contribution in [2.24, 2.45) is 10.1 Å². The minimum atomic E-state index is -0.164. The van der Waals surface area contributed by atoms with Crippen LogP contribution in [0.2, 0.25) is 0 Å². The summed E-state index contributed by atoms with van der Waals surface area (Å²) in [6.07, 6.45) is 2.08. The molecule has 21 heavy (non-hydrogen) atoms. The van der Waals surface area contributed by atoms with Crippen LogP contribution in [0.15, 0.2) is 34.4 Å². The Morgan fingerprint density at radius 3 is 3.00 bits per heavy atom. The van der Waals surface area contributed by atoms with Crippen molar-refractivity contribution < 1.29 is 4.79 Å². The number of nitrogens with one attached hydrogen (secondary N) is 1. The number of benzene rings is 1. The van der Waals surface area contributed by atoms with Gasteiger partial charge in [-0.1, -0.05) is 43.3 Å². The van der Waals surface area contributed by atoms with Gasteiger partial charge in [-0.15, -0.1) is 5.10 Å². The molecule has 110 valence electrons. The number of amidine groups is 1. The maximum absolute atomic E-state index is 12.5. The van der Waals surface area contributed by atoms with Gasteiger partial charge in [0.15, 0.2) is 5.17 Å². The normalized spacial score (nSPS) is 20.2. The fourth-order valence-corrected chi connectivity index (χ4v) is 3.31. The Labute approximate surface area is 127 Å². The van der Waals surface area contributed by atoms with E-state index in [1.165, 1.54) is 0 Å². The lowest BCUT2D eigenvalue weighted by atomic mass is 10.2. The topological polar surface area (TPSA) is 57.1 Å². The van der Waals surface area contributed by atoms with E-state index in [1.54, 1.807) is 16.8 Å². The van der Waals surface area contributed by atoms with Gasteiger partial charge in [-0.05, 0) is 19.4 Å². The first-order valence-corrected chi connectivity index (χ1v) is 8.18. The molecule has 2 aliphatic heterocycles. The molecule has 1 N–H and O–H groups in total. The third-order valence-electron chi connectivity index (χ3n) is 3.44. The van der Waals surface area contributed by atoms with Crippen LogP contribution in [0, 0.1) is 0 Å². The number of hydrogen-bond donors (Lipinski definition) is 1. The molecule has 2 aliphatic rings. The Morgan fingerprint density at radius 1 is 1.38 bits per heavy atom. The molecule has 3 rings (SSSR count). The Balaban J connectivity index is 2.00. The van der Waals surface area contributed by atoms with Gasteiger partial charge in [-0.25, -0.2) is 5.01 Å². The molecule has 2 heterocycles. The third-order valence-corrected chi connectivity index (χ3v) is 4.39. The van der Waals surface area contributed by atoms with Gasteiger partial charge in [0.1, 0.15) is 11.9 Å². The number of amides is 1. The van der Waals surface area contributed by atoms with Gasteiger partial charge < -0.3 is 0 Å². The standard InChI is InChI=1S/C15H18N4OS/c1-3-4-9-21-15-17-14(20)13-11-7-5-6-8-12(11)16-10(2)19(13)18-15/h5-8,10H,3-4,9H2,1-2H3,(H,17,18,20)/t10-/m0/s1. The fourth-order valence-electron chi connectivity index (χ4n) is 2.37. The summed E-state index contributed by atoms with van der Waals surface area (Å²) in [6, 6.07) is 7.69. The minimum absolute atomic E-state index is 0.0989. The average molecular weight is 302 g/mol. The molecule has 0 spiro atoms. The summed E-state index contributed by atoms with van der Waals surface area (Å²) in [5.41, 5.74) is 0.591. The Kier molecular flexibility index (Phi) is 3.96. The number of hydrazone groups is 1. The molecule has 5 nitrogen and oxygen atoms in total. The number of para-hydroxylation sites is 1. The second-order valence-electron chi connectivity index (χ2n) is 5.03. The van der Waals surface area contributed by atoms with Crippen LogP contribution in [-0.2, 0) is 4.79 Å². The lowest BCUT2D eigenvalue weighted by Gasteiger charge is -2.32. The maximum Gasteiger partial charge on any atom is 0.276 e. The average Bonchev–Trinajstić information content (AvgIpc) is 2.48. The second kappa shape index (κ2) is 5.89. The Bertz CT molecular complexity index is 713. The SMILES string of the molecule is CCCCSC1=NN2C(=c3ccccc3=N[C@@H]2C)C(=O)N1. The zero-order chi connectivity index (χ0) is 14.8. The summed E-state index contributed by atoms with van der Waals surface area (Å²) < 4.78 is 0. The van der Waals surface area contributed by atoms with E-state index in [2.05, 4.69) is 22.3 Å². The number of rotatable bonds is 3. The number of nitrogens with zero attached hydrogens (tertiary/aromatic N) is 3. The van der Waals surface area contributed by atoms with Gasteiger partial charge in [-0.2, -0.15) is 0 Å². The molecular formula is C15H18N4OS. The van der Waals surface area contributed by atoms with Crippen LogP contribution < -0.4 is 15.9 Å². The highest BCUT2D eigenvalue weighted by molar-refractivity contribution is 8.13. The fraction of sp³-hybridized carbons (Fsp3) is 0.400. The molecule has 0 bridgehead atoms. The summed E-state index contributed by atoms with van der Waals surface area (Å²) in [6.45, 7) is 4.10. The summed E-state index contributed by atoms with van der Waals surface area (Å²) in [4.78, 5) is 17.1. The van der Waals surface area contributed by atoms with Crippen LogP contribution in [0.5, 0.6) is 0 Å². The van der Waals surface area contributed by atoms with E-state index in [4.69, 9.17) is 0 Å². The van der Waals surface area contributed by atoms with Crippen molar-refractivity contribution in [3.8, 4) is 0 Å². The summed E-state index contributed by atoms with van der Waals surface area (Å²) in [5.74, 6) is 0.860. The van der Waals surface area contributed by atoms with Crippen molar-refractivity contribution in [1.29, 1.82) is 0 Å². The predicted octanol–water partition coefficient (Wildman–Crippen LogP) is 1.01. The molecule has 0 saturated carbocycles. The van der Waals surface area contributed by atoms with Gasteiger partial charge in [0, 0.05) is 11.0 Å². The number of carbonyl (C=O) groups is 1. The van der Waals surface area contributed by atoms with Gasteiger partial charge in [0.05, 0.1) is 5.36 Å². The largest absolute Gasteiger partial charge is 0.298 e. The van der Waals surface area contributed by atoms with E-state index in [0.717, 1.165) is 29.2 Å². The molecular weight excluding hydrogens is 284 g/mol. The molecule has 0 radical (unpaired) electrons. The highest BCUT2D eigenvalue weighted by Crippen LogP contribution is 2.20. The number of hydrogen-bond acceptors (Lipinski definition) is 5. The zero-order valence-electron chi connectivity index (χ0n) is 12.2. The van der Waals surface area contributed by atoms with Crippen molar-refractivity contribution >= 4 is 28.5 Å². The molecule has 0 aromatic heterocycles. The van der Waals surface area contributed by atoms with Crippen LogP contribution in [0.3, 0.4) is 0 Å². The van der Waals surface area contributed by atoms with Crippen LogP contribution in [-0.4, -0.2) is 28.0 Å². The van der Waals surface area contributed by atoms with Crippen LogP contribution in [0.25, 0.3) is 5.70 Å². The number of unbranched alkanes of at least 4 members (excludes halogenated alkanes) is 1. The van der Waals surface area contributed by atoms with E-state index in [9.17, 15) is 4.79 Å². The minimum Gasteiger partial charge on any atom is -0.298 e. The van der Waals surface area contributed by atoms with Crippen molar-refractivity contribution in [1.82, 2.24) is 10.3 Å². The summed E-state index contributed by atoms with van der Waals surface area (Å²) >= 11 is 1.59. The second-order valence-corrected chi connectivity index (χ2v) is 6.12. The first kappa shape index (κ1) is 14.1. The zero-order valence-corrected chi connectivity index (χ0v) is 13.0. The van der Waals surface area contributed by atoms with Crippen molar-refractivity contribution in [3.05, 3.63) is 34.8 Å². The highest BCUT2D eigenvalue weighted by atomic mass is 32.2. The first-order chi connectivity index (χ1) is 10.2. The first-order valence-electron chi connectivity index (χ1n) is 7.20. The third kappa shape index (κ3) is 2.68. The summed E-state index contributed by atoms with van der Waals surface area (Å²) in [5, 5.41) is 11.5. The molecule has 0 aliphatic carbocycles. The van der Waals surface area contributed by atoms with Gasteiger partial charge in [-0.3, -0.25) is 15.1 Å². The molecule has 0 unspecified atom stereocenters. The van der Waals surface area contributed by atoms with Gasteiger partial charge >= 0.3 is 0 Å². The van der Waals surface area contributed by atoms with Gasteiger partial charge in [0.2, 0.25) is 0 Å². The van der Waals surface area contributed by atoms with E-state index in [-0.39, 0.29) is 12.1 Å². The number of thioether (sulfide) groups is 1. The molecule has 1 atom stereocenters. The Hall–Kier alpha value is -1.82. The van der Waals surface area contributed by atoms with Crippen molar-refractivity contribution in [2.45, 2.75) is 32.9 Å². The van der Waals surface area contributed by atoms with Crippen LogP contribution in [0.1, 0.15) is 26.7 Å². The van der Waals surface area contributed by atoms with Gasteiger partial charge in [0.25, 0.3) is 5.91 Å². The number of carbonyl (C=O) groups excluding carboxylic acids is 1. The predicted molar refractivity (Wildman–Crippen MR) is 84.9 cm³/mol. The van der Waals surface area contributed by atoms with E-state index >= 15 is 0 Å². The smallest absolute Gasteiger partial charge is 0.276 e. The Morgan fingerprint density at radius 2 is 2.19 bits per heavy atom. The molecule has 1 amide bonds. The molecule has 0 fully saturated rings. The van der Waals surface area contributed by atoms with Crippen LogP contribution in [0.4, 0.5) is 0 Å². The van der Waals surface area contributed by atoms with Crippen molar-refractivity contribution in [3.63, 3.8) is 0 Å². The molecule has 6 heteroatoms. The van der Waals surface area contributed by atoms with E-state index in [0.29, 0.717) is 10.9 Å². The number of fused-ring (bicyclic) bond motifs is 2. The molecule has 1 aromatic carbocycles. The molecule has 0 saturated heterocycles. The van der Waals surface area contributed by atoms with E-state index < -0.39 is 0 Å². The van der Waals surface area contributed by atoms with E-state index in [1.807, 2.05) is 31.2 Å².